The first kappa shape index (κ1) is 45.0. The van der Waals surface area contributed by atoms with Crippen molar-refractivity contribution in [2.24, 2.45) is 0 Å². The SMILES string of the molecule is [Cl][Os][Cl].c1ccc(P(c2ccccc2)c2ccccc2)cc1.c1ccc(P(c2ccccc2)c2ccccc2)cc1.c1ccc(P(c2ccccc2)c2ccccc2)cc1. The second-order valence-corrected chi connectivity index (χ2v) is 23.4. The zero-order valence-electron chi connectivity index (χ0n) is 32.9. The quantitative estimate of drug-likeness (QED) is 0.126. The van der Waals surface area contributed by atoms with E-state index in [0.29, 0.717) is 0 Å². The fourth-order valence-corrected chi connectivity index (χ4v) is 13.5. The molecule has 0 aromatic heterocycles. The molecule has 0 fully saturated rings. The predicted molar refractivity (Wildman–Crippen MR) is 267 cm³/mol. The third kappa shape index (κ3) is 13.8. The molecule has 60 heavy (non-hydrogen) atoms. The summed E-state index contributed by atoms with van der Waals surface area (Å²) in [4.78, 5) is 0. The first-order valence-corrected chi connectivity index (χ1v) is 29.8. The van der Waals surface area contributed by atoms with E-state index in [9.17, 15) is 0 Å². The third-order valence-corrected chi connectivity index (χ3v) is 16.5. The van der Waals surface area contributed by atoms with E-state index in [4.69, 9.17) is 19.3 Å². The van der Waals surface area contributed by atoms with E-state index in [2.05, 4.69) is 273 Å². The van der Waals surface area contributed by atoms with E-state index in [1.165, 1.54) is 47.7 Å². The van der Waals surface area contributed by atoms with E-state index in [0.717, 1.165) is 0 Å². The summed E-state index contributed by atoms with van der Waals surface area (Å²) in [6.45, 7) is 0. The number of halogens is 2. The molecular formula is C54H45Cl2OsP3. The third-order valence-electron chi connectivity index (χ3n) is 9.13. The molecule has 0 atom stereocenters. The van der Waals surface area contributed by atoms with Crippen LogP contribution in [0.5, 0.6) is 0 Å². The van der Waals surface area contributed by atoms with Gasteiger partial charge in [0.15, 0.2) is 0 Å². The van der Waals surface area contributed by atoms with Crippen molar-refractivity contribution in [3.8, 4) is 0 Å². The second kappa shape index (κ2) is 26.0. The van der Waals surface area contributed by atoms with Crippen LogP contribution in [0.25, 0.3) is 0 Å². The molecular weight excluding hydrogens is 1000 g/mol. The Labute approximate surface area is 376 Å². The van der Waals surface area contributed by atoms with Crippen molar-refractivity contribution in [1.82, 2.24) is 0 Å². The summed E-state index contributed by atoms with van der Waals surface area (Å²) < 4.78 is 0. The van der Waals surface area contributed by atoms with Crippen molar-refractivity contribution in [3.63, 3.8) is 0 Å². The molecule has 0 saturated heterocycles. The fourth-order valence-electron chi connectivity index (χ4n) is 6.54. The summed E-state index contributed by atoms with van der Waals surface area (Å²) in [5.41, 5.74) is 0. The first-order valence-electron chi connectivity index (χ1n) is 19.5. The van der Waals surface area contributed by atoms with Gasteiger partial charge >= 0.3 is 34.7 Å². The molecule has 0 amide bonds. The monoisotopic (exact) mass is 1050 g/mol. The number of hydrogen-bond acceptors (Lipinski definition) is 0. The topological polar surface area (TPSA) is 0 Å². The van der Waals surface area contributed by atoms with E-state index >= 15 is 0 Å². The largest absolute Gasteiger partial charge is 0.0622 e. The molecule has 0 aliphatic rings. The fraction of sp³-hybridized carbons (Fsp3) is 0. The minimum Gasteiger partial charge on any atom is -0.0622 e. The van der Waals surface area contributed by atoms with Gasteiger partial charge in [0.2, 0.25) is 0 Å². The molecule has 0 aliphatic carbocycles. The van der Waals surface area contributed by atoms with Crippen LogP contribution >= 0.6 is 43.0 Å². The van der Waals surface area contributed by atoms with Crippen LogP contribution < -0.4 is 47.7 Å². The summed E-state index contributed by atoms with van der Waals surface area (Å²) in [7, 11) is 8.47. The van der Waals surface area contributed by atoms with E-state index in [1.807, 2.05) is 0 Å². The summed E-state index contributed by atoms with van der Waals surface area (Å²) in [5, 5.41) is 12.6. The van der Waals surface area contributed by atoms with Crippen molar-refractivity contribution in [3.05, 3.63) is 273 Å². The van der Waals surface area contributed by atoms with Crippen molar-refractivity contribution >= 4 is 90.8 Å². The number of rotatable bonds is 9. The molecule has 0 saturated carbocycles. The molecule has 0 heterocycles. The molecule has 298 valence electrons. The second-order valence-electron chi connectivity index (χ2n) is 13.1. The van der Waals surface area contributed by atoms with Crippen LogP contribution in [0.3, 0.4) is 0 Å². The van der Waals surface area contributed by atoms with Gasteiger partial charge in [-0.3, -0.25) is 0 Å². The zero-order valence-corrected chi connectivity index (χ0v) is 39.7. The van der Waals surface area contributed by atoms with Gasteiger partial charge in [-0.1, -0.05) is 273 Å². The molecule has 0 radical (unpaired) electrons. The maximum atomic E-state index is 4.90. The van der Waals surface area contributed by atoms with E-state index in [1.54, 1.807) is 0 Å². The van der Waals surface area contributed by atoms with Gasteiger partial charge in [-0.05, 0) is 71.5 Å². The van der Waals surface area contributed by atoms with Gasteiger partial charge < -0.3 is 0 Å². The molecule has 0 spiro atoms. The Kier molecular flexibility index (Phi) is 19.5. The van der Waals surface area contributed by atoms with Crippen LogP contribution in [0.1, 0.15) is 0 Å². The van der Waals surface area contributed by atoms with Crippen LogP contribution in [0.15, 0.2) is 273 Å². The summed E-state index contributed by atoms with van der Waals surface area (Å²) in [5.74, 6) is 0. The van der Waals surface area contributed by atoms with Crippen LogP contribution in [0.2, 0.25) is 0 Å². The summed E-state index contributed by atoms with van der Waals surface area (Å²) in [6, 6.07) is 97.0. The minimum absolute atomic E-state index is 0.446. The Hall–Kier alpha value is -4.51. The van der Waals surface area contributed by atoms with E-state index in [-0.39, 0.29) is 0 Å². The molecule has 0 unspecified atom stereocenters. The van der Waals surface area contributed by atoms with Crippen LogP contribution in [-0.2, 0) is 15.4 Å². The van der Waals surface area contributed by atoms with Gasteiger partial charge in [-0.25, -0.2) is 0 Å². The Morgan fingerprint density at radius 1 is 0.183 bits per heavy atom. The van der Waals surface area contributed by atoms with Crippen molar-refractivity contribution in [1.29, 1.82) is 0 Å². The average molecular weight is 1050 g/mol. The van der Waals surface area contributed by atoms with E-state index < -0.39 is 39.2 Å². The molecule has 0 nitrogen and oxygen atoms in total. The minimum atomic E-state index is -0.639. The number of hydrogen-bond donors (Lipinski definition) is 0. The summed E-state index contributed by atoms with van der Waals surface area (Å²) in [6.07, 6.45) is 0. The van der Waals surface area contributed by atoms with Crippen LogP contribution in [-0.4, -0.2) is 0 Å². The molecule has 9 aromatic carbocycles. The van der Waals surface area contributed by atoms with Gasteiger partial charge in [0, 0.05) is 0 Å². The number of benzene rings is 9. The van der Waals surface area contributed by atoms with Gasteiger partial charge in [0.25, 0.3) is 0 Å². The molecule has 9 aromatic rings. The normalized spacial score (nSPS) is 10.4. The summed E-state index contributed by atoms with van der Waals surface area (Å²) >= 11 is -0.639. The van der Waals surface area contributed by atoms with Crippen LogP contribution in [0.4, 0.5) is 0 Å². The average Bonchev–Trinajstić information content (AvgIpc) is 3.33. The Balaban J connectivity index is 0.000000146. The zero-order chi connectivity index (χ0) is 41.5. The first-order chi connectivity index (χ1) is 29.8. The predicted octanol–water partition coefficient (Wildman–Crippen LogP) is 11.7. The van der Waals surface area contributed by atoms with Gasteiger partial charge in [0.1, 0.15) is 0 Å². The maximum absolute atomic E-state index is 4.90. The van der Waals surface area contributed by atoms with Gasteiger partial charge in [-0.15, -0.1) is 0 Å². The van der Waals surface area contributed by atoms with Crippen LogP contribution in [0, 0.1) is 0 Å². The molecule has 0 bridgehead atoms. The molecule has 9 rings (SSSR count). The van der Waals surface area contributed by atoms with Gasteiger partial charge in [0.05, 0.1) is 0 Å². The molecule has 6 heteroatoms. The van der Waals surface area contributed by atoms with Crippen molar-refractivity contribution in [2.45, 2.75) is 0 Å². The Bertz CT molecular complexity index is 1890. The maximum Gasteiger partial charge on any atom is -0.0134 e. The molecule has 0 N–H and O–H groups in total. The smallest absolute Gasteiger partial charge is 0.0134 e. The van der Waals surface area contributed by atoms with Gasteiger partial charge in [-0.2, -0.15) is 0 Å². The van der Waals surface area contributed by atoms with Crippen molar-refractivity contribution < 1.29 is 15.4 Å². The molecule has 0 aliphatic heterocycles. The van der Waals surface area contributed by atoms with Crippen molar-refractivity contribution in [2.75, 3.05) is 0 Å². The standard InChI is InChI=1S/3C18H15P.2ClH.Os/c3*1-4-10-16(11-5-1)19(17-12-6-2-7-13-17)18-14-8-3-9-15-18;;;/h3*1-15H;2*1H;/q;;;;;+2/p-2. The Morgan fingerprint density at radius 2 is 0.267 bits per heavy atom. The Morgan fingerprint density at radius 3 is 0.350 bits per heavy atom.